The van der Waals surface area contributed by atoms with E-state index in [1.807, 2.05) is 18.2 Å². The number of nitrogens with zero attached hydrogens (tertiary/aromatic N) is 2. The number of rotatable bonds is 3. The van der Waals surface area contributed by atoms with Crippen LogP contribution in [0.1, 0.15) is 5.56 Å². The van der Waals surface area contributed by atoms with E-state index in [9.17, 15) is 0 Å². The average molecular weight is 352 g/mol. The lowest BCUT2D eigenvalue weighted by atomic mass is 10.0. The summed E-state index contributed by atoms with van der Waals surface area (Å²) in [6, 6.07) is 7.46. The minimum Gasteiger partial charge on any atom is -0.495 e. The normalized spacial score (nSPS) is 13.0. The van der Waals surface area contributed by atoms with Gasteiger partial charge in [-0.1, -0.05) is 29.3 Å². The first-order valence-electron chi connectivity index (χ1n) is 6.84. The second-order valence-electron chi connectivity index (χ2n) is 5.04. The Morgan fingerprint density at radius 2 is 1.74 bits per heavy atom. The van der Waals surface area contributed by atoms with Gasteiger partial charge in [0.25, 0.3) is 0 Å². The van der Waals surface area contributed by atoms with Crippen LogP contribution in [0.4, 0.5) is 5.69 Å². The molecule has 120 valence electrons. The zero-order valence-electron chi connectivity index (χ0n) is 12.6. The van der Waals surface area contributed by atoms with Gasteiger partial charge in [-0.05, 0) is 23.3 Å². The van der Waals surface area contributed by atoms with E-state index in [0.717, 1.165) is 16.8 Å². The third-order valence-electron chi connectivity index (χ3n) is 3.64. The molecule has 0 spiro atoms. The maximum Gasteiger partial charge on any atom is 0.141 e. The summed E-state index contributed by atoms with van der Waals surface area (Å²) in [6.45, 7) is 0.559. The van der Waals surface area contributed by atoms with Crippen molar-refractivity contribution in [3.8, 4) is 22.6 Å². The van der Waals surface area contributed by atoms with Crippen LogP contribution >= 0.6 is 23.2 Å². The summed E-state index contributed by atoms with van der Waals surface area (Å²) in [5.74, 6) is 6.78. The Kier molecular flexibility index (Phi) is 4.35. The van der Waals surface area contributed by atoms with Crippen LogP contribution in [0, 0.1) is 0 Å². The largest absolute Gasteiger partial charge is 0.495 e. The van der Waals surface area contributed by atoms with Crippen molar-refractivity contribution in [3.05, 3.63) is 39.9 Å². The summed E-state index contributed by atoms with van der Waals surface area (Å²) < 4.78 is 10.6. The third-order valence-corrected chi connectivity index (χ3v) is 4.39. The number of hydrogen-bond donors (Lipinski definition) is 1. The SMILES string of the molecule is COc1cc(OC)c(Cl)c(-c2ccc3c(c2)CN(N)C=N3)c1Cl. The molecule has 0 fully saturated rings. The van der Waals surface area contributed by atoms with E-state index >= 15 is 0 Å². The molecule has 0 aromatic heterocycles. The molecule has 0 aliphatic carbocycles. The minimum atomic E-state index is 0.433. The average Bonchev–Trinajstić information content (AvgIpc) is 2.55. The number of hydrazine groups is 1. The third kappa shape index (κ3) is 2.83. The number of benzene rings is 2. The van der Waals surface area contributed by atoms with Crippen LogP contribution < -0.4 is 15.3 Å². The van der Waals surface area contributed by atoms with Crippen molar-refractivity contribution in [1.82, 2.24) is 5.01 Å². The van der Waals surface area contributed by atoms with Gasteiger partial charge in [-0.2, -0.15) is 0 Å². The van der Waals surface area contributed by atoms with Crippen molar-refractivity contribution in [2.45, 2.75) is 6.54 Å². The Bertz CT molecular complexity index is 765. The fourth-order valence-electron chi connectivity index (χ4n) is 2.51. The Balaban J connectivity index is 2.19. The molecule has 1 heterocycles. The van der Waals surface area contributed by atoms with Crippen LogP contribution in [0.5, 0.6) is 11.5 Å². The van der Waals surface area contributed by atoms with Gasteiger partial charge in [0.2, 0.25) is 0 Å². The highest BCUT2D eigenvalue weighted by molar-refractivity contribution is 6.41. The fourth-order valence-corrected chi connectivity index (χ4v) is 3.23. The molecule has 0 amide bonds. The van der Waals surface area contributed by atoms with E-state index in [1.54, 1.807) is 26.6 Å². The first kappa shape index (κ1) is 15.9. The molecule has 1 aliphatic heterocycles. The number of fused-ring (bicyclic) bond motifs is 1. The predicted molar refractivity (Wildman–Crippen MR) is 92.9 cm³/mol. The Morgan fingerprint density at radius 1 is 1.09 bits per heavy atom. The first-order chi connectivity index (χ1) is 11.0. The van der Waals surface area contributed by atoms with E-state index in [0.29, 0.717) is 33.7 Å². The van der Waals surface area contributed by atoms with Crippen LogP contribution in [0.25, 0.3) is 11.1 Å². The second kappa shape index (κ2) is 6.28. The Labute approximate surface area is 144 Å². The Hall–Kier alpha value is -1.95. The number of methoxy groups -OCH3 is 2. The van der Waals surface area contributed by atoms with Gasteiger partial charge in [-0.25, -0.2) is 10.8 Å². The molecule has 0 saturated carbocycles. The van der Waals surface area contributed by atoms with E-state index in [4.69, 9.17) is 38.5 Å². The van der Waals surface area contributed by atoms with Gasteiger partial charge in [0.15, 0.2) is 0 Å². The van der Waals surface area contributed by atoms with Crippen molar-refractivity contribution >= 4 is 35.2 Å². The Morgan fingerprint density at radius 3 is 2.35 bits per heavy atom. The monoisotopic (exact) mass is 351 g/mol. The van der Waals surface area contributed by atoms with E-state index < -0.39 is 0 Å². The topological polar surface area (TPSA) is 60.1 Å². The zero-order valence-corrected chi connectivity index (χ0v) is 14.1. The lowest BCUT2D eigenvalue weighted by Gasteiger charge is -2.21. The lowest BCUT2D eigenvalue weighted by molar-refractivity contribution is 0.395. The summed E-state index contributed by atoms with van der Waals surface area (Å²) in [5.41, 5.74) is 3.37. The number of nitrogens with two attached hydrogens (primary N) is 1. The highest BCUT2D eigenvalue weighted by Gasteiger charge is 2.20. The molecular weight excluding hydrogens is 337 g/mol. The fraction of sp³-hybridized carbons (Fsp3) is 0.188. The van der Waals surface area contributed by atoms with Crippen molar-refractivity contribution < 1.29 is 9.47 Å². The van der Waals surface area contributed by atoms with Crippen LogP contribution in [0.2, 0.25) is 10.0 Å². The predicted octanol–water partition coefficient (Wildman–Crippen LogP) is 4.03. The molecule has 3 rings (SSSR count). The molecule has 7 heteroatoms. The molecule has 2 aromatic carbocycles. The highest BCUT2D eigenvalue weighted by Crippen LogP contribution is 2.46. The first-order valence-corrected chi connectivity index (χ1v) is 7.59. The molecule has 0 saturated heterocycles. The van der Waals surface area contributed by atoms with E-state index in [-0.39, 0.29) is 0 Å². The molecule has 2 aromatic rings. The van der Waals surface area contributed by atoms with Crippen LogP contribution in [0.3, 0.4) is 0 Å². The van der Waals surface area contributed by atoms with Gasteiger partial charge in [-0.3, -0.25) is 5.01 Å². The standard InChI is InChI=1S/C16H15Cl2N3O2/c1-22-12-6-13(23-2)16(18)14(15(12)17)9-3-4-11-10(5-9)7-21(19)8-20-11/h3-6,8H,7,19H2,1-2H3. The molecule has 2 N–H and O–H groups in total. The maximum atomic E-state index is 6.46. The summed E-state index contributed by atoms with van der Waals surface area (Å²) in [7, 11) is 3.10. The molecule has 0 unspecified atom stereocenters. The molecule has 5 nitrogen and oxygen atoms in total. The quantitative estimate of drug-likeness (QED) is 0.848. The van der Waals surface area contributed by atoms with Crippen LogP contribution in [-0.2, 0) is 6.54 Å². The number of halogens is 2. The highest BCUT2D eigenvalue weighted by atomic mass is 35.5. The molecule has 0 atom stereocenters. The summed E-state index contributed by atoms with van der Waals surface area (Å²) in [4.78, 5) is 4.28. The van der Waals surface area contributed by atoms with Crippen molar-refractivity contribution in [1.29, 1.82) is 0 Å². The van der Waals surface area contributed by atoms with Crippen LogP contribution in [0.15, 0.2) is 29.3 Å². The number of hydrogen-bond acceptors (Lipinski definition) is 5. The molecule has 0 bridgehead atoms. The van der Waals surface area contributed by atoms with Crippen molar-refractivity contribution in [3.63, 3.8) is 0 Å². The van der Waals surface area contributed by atoms with Gasteiger partial charge in [0, 0.05) is 11.6 Å². The molecule has 0 radical (unpaired) electrons. The van der Waals surface area contributed by atoms with Gasteiger partial charge in [0.05, 0.1) is 36.5 Å². The van der Waals surface area contributed by atoms with Crippen molar-refractivity contribution in [2.24, 2.45) is 10.8 Å². The summed E-state index contributed by atoms with van der Waals surface area (Å²) in [5, 5.41) is 2.38. The van der Waals surface area contributed by atoms with E-state index in [1.165, 1.54) is 5.01 Å². The second-order valence-corrected chi connectivity index (χ2v) is 5.80. The van der Waals surface area contributed by atoms with Crippen molar-refractivity contribution in [2.75, 3.05) is 14.2 Å². The summed E-state index contributed by atoms with van der Waals surface area (Å²) >= 11 is 12.9. The van der Waals surface area contributed by atoms with Gasteiger partial charge < -0.3 is 9.47 Å². The van der Waals surface area contributed by atoms with Gasteiger partial charge in [0.1, 0.15) is 17.8 Å². The number of aliphatic imine (C=N–C) groups is 1. The smallest absolute Gasteiger partial charge is 0.141 e. The zero-order chi connectivity index (χ0) is 16.6. The molecule has 1 aliphatic rings. The maximum absolute atomic E-state index is 6.46. The minimum absolute atomic E-state index is 0.433. The van der Waals surface area contributed by atoms with Gasteiger partial charge in [-0.15, -0.1) is 0 Å². The lowest BCUT2D eigenvalue weighted by Crippen LogP contribution is -2.30. The summed E-state index contributed by atoms with van der Waals surface area (Å²) in [6.07, 6.45) is 1.59. The van der Waals surface area contributed by atoms with Crippen LogP contribution in [-0.4, -0.2) is 25.6 Å². The van der Waals surface area contributed by atoms with Gasteiger partial charge >= 0.3 is 0 Å². The molecular formula is C16H15Cl2N3O2. The molecule has 23 heavy (non-hydrogen) atoms. The van der Waals surface area contributed by atoms with E-state index in [2.05, 4.69) is 4.99 Å². The number of ether oxygens (including phenoxy) is 2.